The van der Waals surface area contributed by atoms with Gasteiger partial charge in [-0.2, -0.15) is 0 Å². The van der Waals surface area contributed by atoms with Gasteiger partial charge in [-0.1, -0.05) is 33.9 Å². The number of methoxy groups -OCH3 is 2. The topological polar surface area (TPSA) is 237 Å². The van der Waals surface area contributed by atoms with Crippen LogP contribution in [0.1, 0.15) is 98.8 Å². The lowest BCUT2D eigenvalue weighted by atomic mass is 9.67. The molecule has 28 unspecified atom stereocenters. The minimum absolute atomic E-state index is 0.000267. The van der Waals surface area contributed by atoms with E-state index >= 15 is 27.2 Å². The number of piperazine rings is 2. The maximum Gasteiger partial charge on any atom is 0.320 e. The largest absolute Gasteiger partial charge is 0.390 e. The average molecular weight is 1300 g/mol. The monoisotopic (exact) mass is 1300 g/mol. The molecule has 30 atom stereocenters. The number of carbonyl (C=O) groups excluding carboxylic acids is 4. The zero-order chi connectivity index (χ0) is 65.3. The van der Waals surface area contributed by atoms with Crippen molar-refractivity contribution in [2.75, 3.05) is 79.8 Å². The summed E-state index contributed by atoms with van der Waals surface area (Å²) in [6, 6.07) is -5.46. The van der Waals surface area contributed by atoms with E-state index in [1.807, 2.05) is 18.7 Å². The Labute approximate surface area is 540 Å². The minimum atomic E-state index is -1.61. The fraction of sp³-hybridized carbons (Fsp3) is 0.879. The van der Waals surface area contributed by atoms with E-state index in [9.17, 15) is 19.8 Å². The van der Waals surface area contributed by atoms with Gasteiger partial charge in [-0.05, 0) is 121 Å². The molecule has 518 valence electrons. The van der Waals surface area contributed by atoms with Crippen molar-refractivity contribution < 1.29 is 65.9 Å². The van der Waals surface area contributed by atoms with Crippen LogP contribution in [0.4, 0.5) is 27.2 Å². The molecular formula is C66H106F4N12O10. The molecule has 8 N–H and O–H groups in total. The molecule has 92 heavy (non-hydrogen) atoms. The fourth-order valence-electron chi connectivity index (χ4n) is 20.3. The van der Waals surface area contributed by atoms with E-state index < -0.39 is 158 Å². The fourth-order valence-corrected chi connectivity index (χ4v) is 20.3. The predicted molar refractivity (Wildman–Crippen MR) is 334 cm³/mol. The van der Waals surface area contributed by atoms with E-state index in [1.165, 1.54) is 19.3 Å². The highest BCUT2D eigenvalue weighted by Gasteiger charge is 2.62. The summed E-state index contributed by atoms with van der Waals surface area (Å²) in [4.78, 5) is 68.0. The summed E-state index contributed by atoms with van der Waals surface area (Å²) in [6.07, 6.45) is -9.11. The first-order valence-corrected chi connectivity index (χ1v) is 34.9. The van der Waals surface area contributed by atoms with Crippen molar-refractivity contribution >= 4 is 23.9 Å². The molecule has 0 aromatic carbocycles. The van der Waals surface area contributed by atoms with Crippen LogP contribution in [0.5, 0.6) is 0 Å². The number of alkyl halides is 4. The molecule has 0 aromatic rings. The third-order valence-electron chi connectivity index (χ3n) is 24.6. The van der Waals surface area contributed by atoms with Crippen molar-refractivity contribution in [3.05, 3.63) is 25.3 Å². The lowest BCUT2D eigenvalue weighted by molar-refractivity contribution is -0.167. The molecule has 22 nitrogen and oxygen atoms in total. The number of hydrogen-bond acceptors (Lipinski definition) is 16. The smallest absolute Gasteiger partial charge is 0.320 e. The molecule has 2 aliphatic carbocycles. The molecule has 4 bridgehead atoms. The van der Waals surface area contributed by atoms with Crippen LogP contribution < -0.4 is 31.9 Å². The lowest BCUT2D eigenvalue weighted by Gasteiger charge is -2.61. The number of nitrogens with one attached hydrogen (secondary N) is 6. The van der Waals surface area contributed by atoms with Gasteiger partial charge in [0.05, 0.1) is 74.4 Å². The standard InChI is InChI=1S/C66H106F4N12O10/c1-10-49(84)77-19-21-79(34(6)28-77)61-39-26-43(69)55-51-41(67)13-12-14-46(51)92-31-48(89-8)59(86)37-15-17-72-54(57(37)81(63(39)73-55)65(87)75-61)33(5)23-36-24-42(68)52-47(25-36)91-30-45(83)60(90-9)38-16-18-71-53(32(3)4)58(38)82-64-40(27-44(70)56(52)74-64)62(76-66(82)88)80-22-20-78(29-35(80)7)50(85)11-2/h10-11,32-48,51-64,71-74,83,86H,1-2,12-31H2,3-9H3,(H,75,87)(H,76,88)/t33?,34-,35-,36?,37?,38?,39?,40?,41?,42?,43?,44?,45?,46?,47?,48?,51?,52?,53?,54?,55?,56?,57?,58?,59?,60?,61?,62?,63?,64?/m0/s1. The van der Waals surface area contributed by atoms with Crippen molar-refractivity contribution in [3.8, 4) is 0 Å². The summed E-state index contributed by atoms with van der Waals surface area (Å²) in [5.41, 5.74) is 0. The number of aliphatic hydroxyl groups excluding tert-OH is 2. The Bertz CT molecular complexity index is 2630. The highest BCUT2D eigenvalue weighted by molar-refractivity contribution is 5.87. The number of piperidine rings is 4. The van der Waals surface area contributed by atoms with Gasteiger partial charge in [-0.3, -0.25) is 30.0 Å². The Morgan fingerprint density at radius 1 is 0.641 bits per heavy atom. The Morgan fingerprint density at radius 2 is 1.17 bits per heavy atom. The number of halogens is 4. The van der Waals surface area contributed by atoms with Crippen LogP contribution in [-0.2, 0) is 28.5 Å². The Balaban J connectivity index is 0.861. The molecule has 0 spiro atoms. The summed E-state index contributed by atoms with van der Waals surface area (Å²) >= 11 is 0. The zero-order valence-electron chi connectivity index (χ0n) is 55.0. The van der Waals surface area contributed by atoms with Gasteiger partial charge in [0.1, 0.15) is 36.9 Å². The number of urea groups is 2. The van der Waals surface area contributed by atoms with Gasteiger partial charge in [0.2, 0.25) is 11.8 Å². The summed E-state index contributed by atoms with van der Waals surface area (Å²) in [5, 5.41) is 46.7. The second-order valence-corrected chi connectivity index (χ2v) is 29.9. The van der Waals surface area contributed by atoms with Crippen molar-refractivity contribution in [3.63, 3.8) is 0 Å². The summed E-state index contributed by atoms with van der Waals surface area (Å²) in [5.74, 6) is -5.10. The van der Waals surface area contributed by atoms with E-state index in [2.05, 4.69) is 75.6 Å². The van der Waals surface area contributed by atoms with Crippen molar-refractivity contribution in [1.82, 2.24) is 61.3 Å². The number of carbonyl (C=O) groups is 4. The molecule has 12 rings (SSSR count). The number of rotatable bonds is 10. The summed E-state index contributed by atoms with van der Waals surface area (Å²) < 4.78 is 96.2. The normalized spacial score (nSPS) is 46.8. The van der Waals surface area contributed by atoms with Gasteiger partial charge in [-0.25, -0.2) is 27.2 Å². The van der Waals surface area contributed by atoms with Crippen LogP contribution in [-0.4, -0.2) is 278 Å². The second-order valence-electron chi connectivity index (χ2n) is 29.9. The molecule has 6 amide bonds. The van der Waals surface area contributed by atoms with E-state index in [1.54, 1.807) is 21.8 Å². The predicted octanol–water partition coefficient (Wildman–Crippen LogP) is 2.84. The Kier molecular flexibility index (Phi) is 21.0. The summed E-state index contributed by atoms with van der Waals surface area (Å²) in [6.45, 7) is 20.7. The SMILES string of the molecule is C=CC(=O)N1CCN(C2NC(=O)N3C4NC(C(F)CC42)C2C(F)CC(CC(C)C4NCCC5C(O)C(OC)COC6CCCC(F)C6C6NC7C(CC6F)C(N6CCN(C(=O)C=C)C[C@@H]6C)NC(=O)N7C54)CC2OCC(O)C(OC)C2CCNC(C(C)C)C23)[C@@H](C)C1. The number of aliphatic hydroxyl groups is 2. The van der Waals surface area contributed by atoms with Crippen molar-refractivity contribution in [2.24, 2.45) is 53.3 Å². The number of nitrogens with zero attached hydrogens (tertiary/aromatic N) is 6. The Hall–Kier alpha value is -3.80. The van der Waals surface area contributed by atoms with Gasteiger partial charge >= 0.3 is 12.1 Å². The van der Waals surface area contributed by atoms with E-state index in [0.717, 1.165) is 0 Å². The number of hydrogen-bond donors (Lipinski definition) is 8. The van der Waals surface area contributed by atoms with Crippen LogP contribution in [0.25, 0.3) is 0 Å². The maximum atomic E-state index is 18.3. The molecule has 10 aliphatic heterocycles. The highest BCUT2D eigenvalue weighted by atomic mass is 19.1. The highest BCUT2D eigenvalue weighted by Crippen LogP contribution is 2.49. The van der Waals surface area contributed by atoms with Gasteiger partial charge in [0, 0.05) is 125 Å². The first-order chi connectivity index (χ1) is 44.2. The maximum absolute atomic E-state index is 18.3. The molecule has 26 heteroatoms. The Morgan fingerprint density at radius 3 is 1.71 bits per heavy atom. The number of fused-ring (bicyclic) bond motifs is 10. The van der Waals surface area contributed by atoms with Crippen LogP contribution in [0, 0.1) is 53.3 Å². The van der Waals surface area contributed by atoms with Gasteiger partial charge in [0.25, 0.3) is 0 Å². The third-order valence-corrected chi connectivity index (χ3v) is 24.6. The van der Waals surface area contributed by atoms with Crippen LogP contribution in [0.2, 0.25) is 0 Å². The molecule has 12 fully saturated rings. The molecule has 10 heterocycles. The number of ether oxygens (including phenoxy) is 4. The lowest BCUT2D eigenvalue weighted by Crippen LogP contribution is -2.80. The van der Waals surface area contributed by atoms with E-state index in [-0.39, 0.29) is 92.6 Å². The molecule has 0 radical (unpaired) electrons. The quantitative estimate of drug-likeness (QED) is 0.116. The number of amides is 6. The van der Waals surface area contributed by atoms with Gasteiger partial charge < -0.3 is 70.0 Å². The second kappa shape index (κ2) is 28.3. The zero-order valence-corrected chi connectivity index (χ0v) is 55.0. The van der Waals surface area contributed by atoms with Crippen molar-refractivity contribution in [1.29, 1.82) is 0 Å². The van der Waals surface area contributed by atoms with E-state index in [0.29, 0.717) is 90.9 Å². The minimum Gasteiger partial charge on any atom is -0.390 e. The summed E-state index contributed by atoms with van der Waals surface area (Å²) in [7, 11) is 3.06. The average Bonchev–Trinajstić information content (AvgIpc) is 0.739. The molecule has 10 saturated heterocycles. The molecule has 2 saturated carbocycles. The third kappa shape index (κ3) is 12.7. The van der Waals surface area contributed by atoms with Crippen LogP contribution >= 0.6 is 0 Å². The van der Waals surface area contributed by atoms with E-state index in [4.69, 9.17) is 18.9 Å². The van der Waals surface area contributed by atoms with Crippen molar-refractivity contribution in [2.45, 2.75) is 233 Å². The van der Waals surface area contributed by atoms with Crippen LogP contribution in [0.15, 0.2) is 25.3 Å². The molecule has 12 aliphatic rings. The first-order valence-electron chi connectivity index (χ1n) is 34.9. The molecule has 0 aromatic heterocycles. The first kappa shape index (κ1) is 68.2. The van der Waals surface area contributed by atoms with Gasteiger partial charge in [0.15, 0.2) is 0 Å². The van der Waals surface area contributed by atoms with Gasteiger partial charge in [-0.15, -0.1) is 0 Å². The van der Waals surface area contributed by atoms with Crippen LogP contribution in [0.3, 0.4) is 0 Å². The molecular weight excluding hydrogens is 1200 g/mol.